The topological polar surface area (TPSA) is 20.3 Å². The third-order valence-corrected chi connectivity index (χ3v) is 4.29. The van der Waals surface area contributed by atoms with Crippen LogP contribution in [-0.2, 0) is 10.5 Å². The van der Waals surface area contributed by atoms with Crippen molar-refractivity contribution in [2.24, 2.45) is 0 Å². The second-order valence-electron chi connectivity index (χ2n) is 4.09. The normalized spacial score (nSPS) is 12.2. The van der Waals surface area contributed by atoms with Crippen molar-refractivity contribution in [3.8, 4) is 0 Å². The highest BCUT2D eigenvalue weighted by Crippen LogP contribution is 2.20. The lowest BCUT2D eigenvalue weighted by Gasteiger charge is -2.22. The van der Waals surface area contributed by atoms with E-state index in [9.17, 15) is 4.79 Å². The summed E-state index contributed by atoms with van der Waals surface area (Å²) < 4.78 is 0. The lowest BCUT2D eigenvalue weighted by molar-refractivity contribution is -0.129. The van der Waals surface area contributed by atoms with Gasteiger partial charge in [0.2, 0.25) is 5.91 Å². The Hall–Kier alpha value is -0.670. The fourth-order valence-corrected chi connectivity index (χ4v) is 2.72. The van der Waals surface area contributed by atoms with Crippen molar-refractivity contribution in [2.45, 2.75) is 31.8 Å². The van der Waals surface area contributed by atoms with Crippen LogP contribution in [0.4, 0.5) is 0 Å². The molecule has 4 heteroatoms. The number of amides is 1. The zero-order valence-corrected chi connectivity index (χ0v) is 12.7. The Kier molecular flexibility index (Phi) is 6.58. The molecule has 1 rings (SSSR count). The first kappa shape index (κ1) is 15.4. The van der Waals surface area contributed by atoms with Crippen molar-refractivity contribution < 1.29 is 4.79 Å². The van der Waals surface area contributed by atoms with E-state index in [0.29, 0.717) is 0 Å². The molecule has 0 saturated carbocycles. The maximum Gasteiger partial charge on any atom is 0.235 e. The Labute approximate surface area is 119 Å². The zero-order chi connectivity index (χ0) is 13.5. The molecule has 0 bridgehead atoms. The molecule has 0 fully saturated rings. The third kappa shape index (κ3) is 4.54. The molecule has 0 N–H and O–H groups in total. The lowest BCUT2D eigenvalue weighted by atomic mass is 10.2. The Morgan fingerprint density at radius 3 is 2.33 bits per heavy atom. The van der Waals surface area contributed by atoms with Crippen LogP contribution in [0.1, 0.15) is 26.3 Å². The molecule has 0 aliphatic carbocycles. The molecule has 0 saturated heterocycles. The van der Waals surface area contributed by atoms with E-state index in [0.717, 1.165) is 23.9 Å². The number of nitrogens with zero attached hydrogens (tertiary/aromatic N) is 1. The van der Waals surface area contributed by atoms with Crippen molar-refractivity contribution in [1.29, 1.82) is 0 Å². The van der Waals surface area contributed by atoms with E-state index in [1.54, 1.807) is 11.8 Å². The summed E-state index contributed by atoms with van der Waals surface area (Å²) in [6, 6.07) is 7.77. The summed E-state index contributed by atoms with van der Waals surface area (Å²) >= 11 is 7.50. The molecule has 0 aromatic heterocycles. The summed E-state index contributed by atoms with van der Waals surface area (Å²) in [7, 11) is 0. The van der Waals surface area contributed by atoms with Gasteiger partial charge in [0.25, 0.3) is 0 Å². The van der Waals surface area contributed by atoms with Crippen molar-refractivity contribution in [2.75, 3.05) is 13.1 Å². The standard InChI is InChI=1S/C14H20ClNOS/c1-4-16(5-2)14(17)11(3)18-10-12-6-8-13(15)9-7-12/h6-9,11H,4-5,10H2,1-3H3. The van der Waals surface area contributed by atoms with Crippen LogP contribution >= 0.6 is 23.4 Å². The summed E-state index contributed by atoms with van der Waals surface area (Å²) in [5.41, 5.74) is 1.20. The van der Waals surface area contributed by atoms with Crippen LogP contribution in [0.15, 0.2) is 24.3 Å². The predicted molar refractivity (Wildman–Crippen MR) is 80.1 cm³/mol. The molecule has 0 heterocycles. The fourth-order valence-electron chi connectivity index (χ4n) is 1.67. The molecule has 1 atom stereocenters. The predicted octanol–water partition coefficient (Wildman–Crippen LogP) is 3.83. The first-order valence-electron chi connectivity index (χ1n) is 6.23. The number of rotatable bonds is 6. The number of carbonyl (C=O) groups excluding carboxylic acids is 1. The van der Waals surface area contributed by atoms with Crippen LogP contribution in [-0.4, -0.2) is 29.1 Å². The maximum atomic E-state index is 12.1. The molecule has 0 aliphatic heterocycles. The van der Waals surface area contributed by atoms with Crippen LogP contribution in [0.3, 0.4) is 0 Å². The number of carbonyl (C=O) groups is 1. The minimum absolute atomic E-state index is 0.000535. The van der Waals surface area contributed by atoms with Crippen molar-refractivity contribution in [3.05, 3.63) is 34.9 Å². The van der Waals surface area contributed by atoms with Gasteiger partial charge in [-0.1, -0.05) is 23.7 Å². The SMILES string of the molecule is CCN(CC)C(=O)C(C)SCc1ccc(Cl)cc1. The van der Waals surface area contributed by atoms with E-state index < -0.39 is 0 Å². The monoisotopic (exact) mass is 285 g/mol. The van der Waals surface area contributed by atoms with Crippen LogP contribution in [0.25, 0.3) is 0 Å². The number of hydrogen-bond donors (Lipinski definition) is 0. The summed E-state index contributed by atoms with van der Waals surface area (Å²) in [6.07, 6.45) is 0. The van der Waals surface area contributed by atoms with Gasteiger partial charge in [-0.15, -0.1) is 11.8 Å². The summed E-state index contributed by atoms with van der Waals surface area (Å²) in [5, 5.41) is 0.747. The molecular formula is C14H20ClNOS. The quantitative estimate of drug-likeness (QED) is 0.792. The van der Waals surface area contributed by atoms with Crippen LogP contribution in [0, 0.1) is 0 Å². The summed E-state index contributed by atoms with van der Waals surface area (Å²) in [5.74, 6) is 1.06. The van der Waals surface area contributed by atoms with Gasteiger partial charge >= 0.3 is 0 Å². The molecule has 18 heavy (non-hydrogen) atoms. The Bertz CT molecular complexity index is 376. The van der Waals surface area contributed by atoms with Gasteiger partial charge in [-0.25, -0.2) is 0 Å². The first-order valence-corrected chi connectivity index (χ1v) is 7.66. The second kappa shape index (κ2) is 7.70. The molecule has 100 valence electrons. The van der Waals surface area contributed by atoms with Crippen LogP contribution in [0.5, 0.6) is 0 Å². The average Bonchev–Trinajstić information content (AvgIpc) is 2.39. The third-order valence-electron chi connectivity index (χ3n) is 2.84. The van der Waals surface area contributed by atoms with Gasteiger partial charge in [-0.2, -0.15) is 0 Å². The van der Waals surface area contributed by atoms with Gasteiger partial charge in [0.05, 0.1) is 5.25 Å². The molecule has 1 aromatic rings. The molecule has 0 aliphatic rings. The number of hydrogen-bond acceptors (Lipinski definition) is 2. The smallest absolute Gasteiger partial charge is 0.235 e. The average molecular weight is 286 g/mol. The summed E-state index contributed by atoms with van der Waals surface area (Å²) in [4.78, 5) is 13.9. The highest BCUT2D eigenvalue weighted by atomic mass is 35.5. The van der Waals surface area contributed by atoms with Crippen LogP contribution in [0.2, 0.25) is 5.02 Å². The Balaban J connectivity index is 2.47. The molecule has 0 spiro atoms. The van der Waals surface area contributed by atoms with E-state index in [2.05, 4.69) is 0 Å². The maximum absolute atomic E-state index is 12.1. The lowest BCUT2D eigenvalue weighted by Crippen LogP contribution is -2.36. The largest absolute Gasteiger partial charge is 0.342 e. The van der Waals surface area contributed by atoms with E-state index in [-0.39, 0.29) is 11.2 Å². The molecule has 0 radical (unpaired) electrons. The molecular weight excluding hydrogens is 266 g/mol. The van der Waals surface area contributed by atoms with Gasteiger partial charge < -0.3 is 4.90 Å². The van der Waals surface area contributed by atoms with E-state index in [4.69, 9.17) is 11.6 Å². The minimum Gasteiger partial charge on any atom is -0.342 e. The Morgan fingerprint density at radius 2 is 1.83 bits per heavy atom. The van der Waals surface area contributed by atoms with Crippen molar-refractivity contribution in [1.82, 2.24) is 4.90 Å². The number of thioether (sulfide) groups is 1. The van der Waals surface area contributed by atoms with E-state index in [1.807, 2.05) is 49.9 Å². The minimum atomic E-state index is 0.000535. The van der Waals surface area contributed by atoms with Crippen molar-refractivity contribution >= 4 is 29.3 Å². The first-order chi connectivity index (χ1) is 8.58. The second-order valence-corrected chi connectivity index (χ2v) is 5.86. The van der Waals surface area contributed by atoms with Gasteiger partial charge in [0.15, 0.2) is 0 Å². The van der Waals surface area contributed by atoms with Gasteiger partial charge in [-0.3, -0.25) is 4.79 Å². The zero-order valence-electron chi connectivity index (χ0n) is 11.1. The summed E-state index contributed by atoms with van der Waals surface area (Å²) in [6.45, 7) is 7.56. The highest BCUT2D eigenvalue weighted by molar-refractivity contribution is 7.99. The molecule has 1 amide bonds. The van der Waals surface area contributed by atoms with Crippen molar-refractivity contribution in [3.63, 3.8) is 0 Å². The van der Waals surface area contributed by atoms with E-state index in [1.165, 1.54) is 5.56 Å². The fraction of sp³-hybridized carbons (Fsp3) is 0.500. The van der Waals surface area contributed by atoms with Gasteiger partial charge in [0, 0.05) is 23.9 Å². The molecule has 1 aromatic carbocycles. The van der Waals surface area contributed by atoms with E-state index >= 15 is 0 Å². The Morgan fingerprint density at radius 1 is 1.28 bits per heavy atom. The highest BCUT2D eigenvalue weighted by Gasteiger charge is 2.18. The number of halogens is 1. The molecule has 1 unspecified atom stereocenters. The van der Waals surface area contributed by atoms with Gasteiger partial charge in [0.1, 0.15) is 0 Å². The number of benzene rings is 1. The molecule has 2 nitrogen and oxygen atoms in total. The van der Waals surface area contributed by atoms with Crippen LogP contribution < -0.4 is 0 Å². The van der Waals surface area contributed by atoms with Gasteiger partial charge in [-0.05, 0) is 38.5 Å².